The fraction of sp³-hybridized carbons (Fsp3) is 1.00. The van der Waals surface area contributed by atoms with Gasteiger partial charge in [0.25, 0.3) is 0 Å². The van der Waals surface area contributed by atoms with Crippen molar-refractivity contribution in [3.05, 3.63) is 0 Å². The van der Waals surface area contributed by atoms with Crippen LogP contribution in [0.3, 0.4) is 0 Å². The second-order valence-corrected chi connectivity index (χ2v) is 8.38. The molecule has 0 heterocycles. The van der Waals surface area contributed by atoms with Gasteiger partial charge in [-0.25, -0.2) is 8.42 Å². The molecule has 1 unspecified atom stereocenters. The minimum Gasteiger partial charge on any atom is -0.772 e. The molecule has 0 aliphatic rings. The second-order valence-electron chi connectivity index (χ2n) is 4.50. The summed E-state index contributed by atoms with van der Waals surface area (Å²) in [7, 11) is -3.05. The number of sulfone groups is 1. The van der Waals surface area contributed by atoms with Crippen molar-refractivity contribution in [2.45, 2.75) is 44.8 Å². The van der Waals surface area contributed by atoms with Gasteiger partial charge in [0.05, 0.1) is 10.5 Å². The molecule has 0 aromatic carbocycles. The second kappa shape index (κ2) is 5.96. The van der Waals surface area contributed by atoms with Crippen molar-refractivity contribution in [1.82, 2.24) is 0 Å². The normalized spacial score (nSPS) is 15.2. The molecule has 0 aliphatic heterocycles. The van der Waals surface area contributed by atoms with E-state index in [4.69, 9.17) is 0 Å². The summed E-state index contributed by atoms with van der Waals surface area (Å²) in [4.78, 5) is 0. The summed E-state index contributed by atoms with van der Waals surface area (Å²) in [5.41, 5.74) is 0. The fourth-order valence-electron chi connectivity index (χ4n) is 0.995. The molecule has 0 radical (unpaired) electrons. The van der Waals surface area contributed by atoms with E-state index < -0.39 is 25.7 Å². The molecule has 0 saturated carbocycles. The first-order chi connectivity index (χ1) is 6.67. The molecular formula is C9H19O4S2-. The molecule has 0 saturated heterocycles. The average molecular weight is 255 g/mol. The van der Waals surface area contributed by atoms with E-state index >= 15 is 0 Å². The van der Waals surface area contributed by atoms with Crippen molar-refractivity contribution in [1.29, 1.82) is 0 Å². The predicted molar refractivity (Wildman–Crippen MR) is 61.2 cm³/mol. The van der Waals surface area contributed by atoms with Crippen molar-refractivity contribution in [2.24, 2.45) is 0 Å². The van der Waals surface area contributed by atoms with E-state index in [1.54, 1.807) is 20.8 Å². The van der Waals surface area contributed by atoms with E-state index in [1.165, 1.54) is 0 Å². The van der Waals surface area contributed by atoms with E-state index in [2.05, 4.69) is 0 Å². The van der Waals surface area contributed by atoms with Gasteiger partial charge in [0.1, 0.15) is 0 Å². The first kappa shape index (κ1) is 15.1. The minimum absolute atomic E-state index is 0.121. The van der Waals surface area contributed by atoms with Crippen molar-refractivity contribution in [2.75, 3.05) is 11.5 Å². The summed E-state index contributed by atoms with van der Waals surface area (Å²) >= 11 is -2.01. The van der Waals surface area contributed by atoms with Gasteiger partial charge in [0, 0.05) is 5.75 Å². The highest BCUT2D eigenvalue weighted by Crippen LogP contribution is 2.17. The van der Waals surface area contributed by atoms with Crippen molar-refractivity contribution in [3.8, 4) is 0 Å². The first-order valence-electron chi connectivity index (χ1n) is 4.95. The van der Waals surface area contributed by atoms with Gasteiger partial charge in [-0.3, -0.25) is 4.21 Å². The molecule has 6 heteroatoms. The molecule has 92 valence electrons. The highest BCUT2D eigenvalue weighted by atomic mass is 32.2. The Balaban J connectivity index is 3.83. The van der Waals surface area contributed by atoms with Crippen LogP contribution in [0.1, 0.15) is 40.0 Å². The third-order valence-electron chi connectivity index (χ3n) is 2.16. The topological polar surface area (TPSA) is 74.3 Å². The van der Waals surface area contributed by atoms with Crippen molar-refractivity contribution < 1.29 is 17.2 Å². The summed E-state index contributed by atoms with van der Waals surface area (Å²) in [5, 5.41) is 0. The van der Waals surface area contributed by atoms with Gasteiger partial charge in [-0.05, 0) is 33.6 Å². The van der Waals surface area contributed by atoms with Crippen LogP contribution in [-0.2, 0) is 20.9 Å². The van der Waals surface area contributed by atoms with Crippen molar-refractivity contribution in [3.63, 3.8) is 0 Å². The molecule has 0 bridgehead atoms. The maximum absolute atomic E-state index is 11.6. The van der Waals surface area contributed by atoms with Crippen LogP contribution in [0, 0.1) is 0 Å². The Bertz CT molecular complexity index is 301. The maximum atomic E-state index is 11.6. The summed E-state index contributed by atoms with van der Waals surface area (Å²) in [6.45, 7) is 5.03. The fourth-order valence-corrected chi connectivity index (χ4v) is 2.63. The Labute approximate surface area is 94.7 Å². The predicted octanol–water partition coefficient (Wildman–Crippen LogP) is 1.25. The van der Waals surface area contributed by atoms with Gasteiger partial charge >= 0.3 is 0 Å². The van der Waals surface area contributed by atoms with E-state index in [9.17, 15) is 17.2 Å². The number of rotatable bonds is 6. The maximum Gasteiger partial charge on any atom is 0.155 e. The van der Waals surface area contributed by atoms with Crippen LogP contribution >= 0.6 is 0 Å². The van der Waals surface area contributed by atoms with Gasteiger partial charge in [0.2, 0.25) is 0 Å². The SMILES string of the molecule is CC(C)(C)S(=O)(=O)CCCCCS(=O)[O-]. The van der Waals surface area contributed by atoms with E-state index in [0.29, 0.717) is 19.3 Å². The number of hydrogen-bond donors (Lipinski definition) is 0. The number of unbranched alkanes of at least 4 members (excludes halogenated alkanes) is 2. The van der Waals surface area contributed by atoms with E-state index in [0.717, 1.165) is 0 Å². The molecule has 0 N–H and O–H groups in total. The highest BCUT2D eigenvalue weighted by molar-refractivity contribution is 7.92. The van der Waals surface area contributed by atoms with Gasteiger partial charge in [-0.15, -0.1) is 0 Å². The lowest BCUT2D eigenvalue weighted by Crippen LogP contribution is -2.30. The van der Waals surface area contributed by atoms with Crippen molar-refractivity contribution >= 4 is 20.9 Å². The summed E-state index contributed by atoms with van der Waals surface area (Å²) in [6.07, 6.45) is 1.72. The third kappa shape index (κ3) is 6.27. The van der Waals surface area contributed by atoms with Crippen LogP contribution in [0.2, 0.25) is 0 Å². The molecule has 1 atom stereocenters. The first-order valence-corrected chi connectivity index (χ1v) is 7.84. The molecule has 0 aromatic rings. The highest BCUT2D eigenvalue weighted by Gasteiger charge is 2.27. The summed E-state index contributed by atoms with van der Waals surface area (Å²) in [6, 6.07) is 0. The molecule has 0 spiro atoms. The van der Waals surface area contributed by atoms with Crippen LogP contribution in [0.4, 0.5) is 0 Å². The van der Waals surface area contributed by atoms with E-state index in [1.807, 2.05) is 0 Å². The quantitative estimate of drug-likeness (QED) is 0.529. The van der Waals surface area contributed by atoms with Crippen LogP contribution in [0.5, 0.6) is 0 Å². The monoisotopic (exact) mass is 255 g/mol. The lowest BCUT2D eigenvalue weighted by atomic mass is 10.3. The van der Waals surface area contributed by atoms with Gasteiger partial charge in [-0.2, -0.15) is 0 Å². The molecule has 15 heavy (non-hydrogen) atoms. The Morgan fingerprint density at radius 1 is 1.13 bits per heavy atom. The third-order valence-corrected chi connectivity index (χ3v) is 5.47. The minimum atomic E-state index is -3.05. The lowest BCUT2D eigenvalue weighted by molar-refractivity contribution is 0.533. The Morgan fingerprint density at radius 3 is 2.07 bits per heavy atom. The zero-order chi connectivity index (χ0) is 12.1. The van der Waals surface area contributed by atoms with Crippen LogP contribution in [-0.4, -0.2) is 33.4 Å². The molecule has 0 fully saturated rings. The van der Waals surface area contributed by atoms with Crippen LogP contribution in [0.25, 0.3) is 0 Å². The molecule has 0 rings (SSSR count). The standard InChI is InChI=1S/C9H20O4S2/c1-9(2,3)15(12,13)8-6-4-5-7-14(10)11/h4-8H2,1-3H3,(H,10,11)/p-1. The lowest BCUT2D eigenvalue weighted by Gasteiger charge is -2.18. The molecular weight excluding hydrogens is 236 g/mol. The smallest absolute Gasteiger partial charge is 0.155 e. The molecule has 0 aliphatic carbocycles. The summed E-state index contributed by atoms with van der Waals surface area (Å²) < 4.78 is 42.9. The van der Waals surface area contributed by atoms with Crippen LogP contribution < -0.4 is 0 Å². The molecule has 0 amide bonds. The van der Waals surface area contributed by atoms with Gasteiger partial charge in [-0.1, -0.05) is 17.5 Å². The largest absolute Gasteiger partial charge is 0.772 e. The average Bonchev–Trinajstić information content (AvgIpc) is 2.00. The Kier molecular flexibility index (Phi) is 5.98. The van der Waals surface area contributed by atoms with Crippen LogP contribution in [0.15, 0.2) is 0 Å². The van der Waals surface area contributed by atoms with Gasteiger partial charge in [0.15, 0.2) is 9.84 Å². The number of hydrogen-bond acceptors (Lipinski definition) is 4. The molecule has 0 aromatic heterocycles. The zero-order valence-electron chi connectivity index (χ0n) is 9.49. The van der Waals surface area contributed by atoms with Gasteiger partial charge < -0.3 is 4.55 Å². The van der Waals surface area contributed by atoms with E-state index in [-0.39, 0.29) is 11.5 Å². The Hall–Kier alpha value is 0.0600. The zero-order valence-corrected chi connectivity index (χ0v) is 11.1. The summed E-state index contributed by atoms with van der Waals surface area (Å²) in [5.74, 6) is 0.261. The molecule has 4 nitrogen and oxygen atoms in total. The Morgan fingerprint density at radius 2 is 1.67 bits per heavy atom.